The maximum absolute atomic E-state index is 10.8. The molecule has 1 aliphatic heterocycles. The van der Waals surface area contributed by atoms with Gasteiger partial charge in [-0.25, -0.2) is 4.99 Å². The summed E-state index contributed by atoms with van der Waals surface area (Å²) in [7, 11) is 2.14. The Hall–Kier alpha value is -1.56. The predicted molar refractivity (Wildman–Crippen MR) is 91.0 cm³/mol. The highest BCUT2D eigenvalue weighted by Crippen LogP contribution is 2.43. The van der Waals surface area contributed by atoms with Gasteiger partial charge in [0.25, 0.3) is 5.69 Å². The van der Waals surface area contributed by atoms with Crippen molar-refractivity contribution in [2.24, 2.45) is 4.99 Å². The topological polar surface area (TPSA) is 58.7 Å². The van der Waals surface area contributed by atoms with Crippen LogP contribution < -0.4 is 0 Å². The second-order valence-electron chi connectivity index (χ2n) is 6.25. The fourth-order valence-corrected chi connectivity index (χ4v) is 4.80. The number of aryl methyl sites for hydroxylation is 1. The second-order valence-corrected chi connectivity index (χ2v) is 7.20. The van der Waals surface area contributed by atoms with E-state index < -0.39 is 0 Å². The Balaban J connectivity index is 1.85. The van der Waals surface area contributed by atoms with Crippen molar-refractivity contribution in [1.29, 1.82) is 0 Å². The quantitative estimate of drug-likeness (QED) is 0.603. The lowest BCUT2D eigenvalue weighted by Gasteiger charge is -2.39. The average molecular weight is 319 g/mol. The molecule has 3 rings (SSSR count). The third kappa shape index (κ3) is 2.72. The Morgan fingerprint density at radius 1 is 1.32 bits per heavy atom. The van der Waals surface area contributed by atoms with Gasteiger partial charge in [0, 0.05) is 24.9 Å². The van der Waals surface area contributed by atoms with Crippen molar-refractivity contribution >= 4 is 28.3 Å². The van der Waals surface area contributed by atoms with Gasteiger partial charge in [0.05, 0.1) is 16.1 Å². The molecule has 5 nitrogen and oxygen atoms in total. The molecule has 1 heterocycles. The fourth-order valence-electron chi connectivity index (χ4n) is 3.37. The zero-order valence-electron chi connectivity index (χ0n) is 13.0. The van der Waals surface area contributed by atoms with Gasteiger partial charge in [0.1, 0.15) is 0 Å². The Morgan fingerprint density at radius 2 is 2.05 bits per heavy atom. The zero-order chi connectivity index (χ0) is 15.7. The molecular formula is C16H21N3O2S. The minimum absolute atomic E-state index is 0.123. The van der Waals surface area contributed by atoms with E-state index in [4.69, 9.17) is 4.99 Å². The first-order valence-electron chi connectivity index (χ1n) is 7.72. The number of rotatable bonds is 2. The van der Waals surface area contributed by atoms with Crippen LogP contribution in [-0.4, -0.2) is 33.3 Å². The van der Waals surface area contributed by atoms with Gasteiger partial charge in [-0.1, -0.05) is 31.0 Å². The number of thioether (sulfide) groups is 1. The highest BCUT2D eigenvalue weighted by Gasteiger charge is 2.43. The number of nitro benzene ring substituents is 1. The molecule has 118 valence electrons. The summed E-state index contributed by atoms with van der Waals surface area (Å²) in [5.74, 6) is 1.11. The van der Waals surface area contributed by atoms with Crippen molar-refractivity contribution < 1.29 is 4.92 Å². The van der Waals surface area contributed by atoms with Crippen LogP contribution >= 0.6 is 11.8 Å². The first-order chi connectivity index (χ1) is 10.5. The van der Waals surface area contributed by atoms with E-state index in [1.807, 2.05) is 18.7 Å². The molecule has 1 aromatic rings. The van der Waals surface area contributed by atoms with E-state index in [9.17, 15) is 10.1 Å². The number of hydrogen-bond donors (Lipinski definition) is 0. The number of nitro groups is 1. The minimum Gasteiger partial charge on any atom is -0.348 e. The van der Waals surface area contributed by atoms with Crippen molar-refractivity contribution in [2.75, 3.05) is 12.8 Å². The van der Waals surface area contributed by atoms with Crippen LogP contribution in [0.2, 0.25) is 0 Å². The highest BCUT2D eigenvalue weighted by molar-refractivity contribution is 8.14. The molecule has 1 saturated carbocycles. The third-order valence-electron chi connectivity index (χ3n) is 4.86. The number of hydrogen-bond acceptors (Lipinski definition) is 4. The first-order valence-corrected chi connectivity index (χ1v) is 8.71. The van der Waals surface area contributed by atoms with Crippen LogP contribution in [-0.2, 0) is 0 Å². The van der Waals surface area contributed by atoms with E-state index in [2.05, 4.69) is 11.9 Å². The number of nitrogens with zero attached hydrogens (tertiary/aromatic N) is 3. The maximum atomic E-state index is 10.8. The molecule has 0 unspecified atom stereocenters. The van der Waals surface area contributed by atoms with E-state index in [-0.39, 0.29) is 16.1 Å². The molecule has 2 fully saturated rings. The molecule has 0 atom stereocenters. The number of benzene rings is 1. The van der Waals surface area contributed by atoms with Gasteiger partial charge >= 0.3 is 0 Å². The van der Waals surface area contributed by atoms with E-state index in [1.54, 1.807) is 12.1 Å². The van der Waals surface area contributed by atoms with E-state index >= 15 is 0 Å². The van der Waals surface area contributed by atoms with Gasteiger partial charge < -0.3 is 4.90 Å². The lowest BCUT2D eigenvalue weighted by Crippen LogP contribution is -2.46. The predicted octanol–water partition coefficient (Wildman–Crippen LogP) is 4.27. The Labute approximate surface area is 135 Å². The summed E-state index contributed by atoms with van der Waals surface area (Å²) in [4.78, 5) is 17.6. The monoisotopic (exact) mass is 319 g/mol. The summed E-state index contributed by atoms with van der Waals surface area (Å²) in [6.45, 7) is 1.88. The molecule has 0 amide bonds. The van der Waals surface area contributed by atoms with E-state index in [0.717, 1.165) is 22.2 Å². The van der Waals surface area contributed by atoms with Crippen LogP contribution in [0.4, 0.5) is 11.4 Å². The standard InChI is InChI=1S/C16H21N3O2S/c1-12-10-13(19(20)21)6-7-14(12)17-15-18(2)16(11-22-15)8-4-3-5-9-16/h6-7,10H,3-5,8-9,11H2,1-2H3. The second kappa shape index (κ2) is 5.91. The van der Waals surface area contributed by atoms with Crippen molar-refractivity contribution in [1.82, 2.24) is 4.90 Å². The molecule has 0 bridgehead atoms. The average Bonchev–Trinajstić information content (AvgIpc) is 2.79. The maximum Gasteiger partial charge on any atom is 0.269 e. The molecule has 0 aromatic heterocycles. The summed E-state index contributed by atoms with van der Waals surface area (Å²) in [5, 5.41) is 11.9. The largest absolute Gasteiger partial charge is 0.348 e. The van der Waals surface area contributed by atoms with Crippen LogP contribution in [0.15, 0.2) is 23.2 Å². The van der Waals surface area contributed by atoms with E-state index in [0.29, 0.717) is 0 Å². The smallest absolute Gasteiger partial charge is 0.269 e. The van der Waals surface area contributed by atoms with Crippen molar-refractivity contribution in [3.63, 3.8) is 0 Å². The Kier molecular flexibility index (Phi) is 4.12. The molecule has 6 heteroatoms. The van der Waals surface area contributed by atoms with Gasteiger partial charge in [-0.2, -0.15) is 0 Å². The van der Waals surface area contributed by atoms with Crippen LogP contribution in [0.1, 0.15) is 37.7 Å². The minimum atomic E-state index is -0.364. The Morgan fingerprint density at radius 3 is 2.68 bits per heavy atom. The molecule has 0 radical (unpaired) electrons. The van der Waals surface area contributed by atoms with Crippen LogP contribution in [0.5, 0.6) is 0 Å². The van der Waals surface area contributed by atoms with Gasteiger partial charge in [-0.05, 0) is 31.4 Å². The first kappa shape index (κ1) is 15.3. The Bertz CT molecular complexity index is 624. The van der Waals surface area contributed by atoms with Crippen molar-refractivity contribution in [3.8, 4) is 0 Å². The van der Waals surface area contributed by atoms with Gasteiger partial charge in [0.15, 0.2) is 5.17 Å². The summed E-state index contributed by atoms with van der Waals surface area (Å²) in [6, 6.07) is 4.87. The van der Waals surface area contributed by atoms with Gasteiger partial charge in [-0.3, -0.25) is 10.1 Å². The number of amidine groups is 1. The molecule has 0 N–H and O–H groups in total. The van der Waals surface area contributed by atoms with Crippen molar-refractivity contribution in [2.45, 2.75) is 44.6 Å². The molecule has 1 spiro atoms. The molecule has 1 aliphatic carbocycles. The van der Waals surface area contributed by atoms with Crippen LogP contribution in [0.3, 0.4) is 0 Å². The normalized spacial score (nSPS) is 22.5. The summed E-state index contributed by atoms with van der Waals surface area (Å²) >= 11 is 1.81. The molecule has 22 heavy (non-hydrogen) atoms. The molecule has 2 aliphatic rings. The van der Waals surface area contributed by atoms with Gasteiger partial charge in [-0.15, -0.1) is 0 Å². The third-order valence-corrected chi connectivity index (χ3v) is 6.16. The number of aliphatic imine (C=N–C) groups is 1. The fraction of sp³-hybridized carbons (Fsp3) is 0.562. The van der Waals surface area contributed by atoms with Crippen LogP contribution in [0.25, 0.3) is 0 Å². The summed E-state index contributed by atoms with van der Waals surface area (Å²) < 4.78 is 0. The SMILES string of the molecule is Cc1cc([N+](=O)[O-])ccc1N=C1SCC2(CCCCC2)N1C. The molecule has 1 saturated heterocycles. The van der Waals surface area contributed by atoms with Crippen molar-refractivity contribution in [3.05, 3.63) is 33.9 Å². The number of non-ortho nitro benzene ring substituents is 1. The lowest BCUT2D eigenvalue weighted by molar-refractivity contribution is -0.384. The van der Waals surface area contributed by atoms with E-state index in [1.165, 1.54) is 38.2 Å². The molecule has 1 aromatic carbocycles. The highest BCUT2D eigenvalue weighted by atomic mass is 32.2. The molecular weight excluding hydrogens is 298 g/mol. The van der Waals surface area contributed by atoms with Gasteiger partial charge in [0.2, 0.25) is 0 Å². The zero-order valence-corrected chi connectivity index (χ0v) is 13.9. The van der Waals surface area contributed by atoms with Crippen LogP contribution in [0, 0.1) is 17.0 Å². The summed E-state index contributed by atoms with van der Waals surface area (Å²) in [5.41, 5.74) is 2.07. The lowest BCUT2D eigenvalue weighted by atomic mass is 9.82. The summed E-state index contributed by atoms with van der Waals surface area (Å²) in [6.07, 6.45) is 6.43.